The van der Waals surface area contributed by atoms with E-state index in [4.69, 9.17) is 0 Å². The number of carbonyl (C=O) groups is 1. The second-order valence-electron chi connectivity index (χ2n) is 7.41. The van der Waals surface area contributed by atoms with Crippen molar-refractivity contribution in [1.29, 1.82) is 0 Å². The van der Waals surface area contributed by atoms with Crippen LogP contribution in [0.15, 0.2) is 64.9 Å². The van der Waals surface area contributed by atoms with E-state index in [1.165, 1.54) is 20.4 Å². The molecule has 3 heterocycles. The first-order chi connectivity index (χ1) is 15.5. The van der Waals surface area contributed by atoms with Gasteiger partial charge in [-0.05, 0) is 39.6 Å². The van der Waals surface area contributed by atoms with E-state index in [0.717, 1.165) is 15.6 Å². The van der Waals surface area contributed by atoms with Crippen LogP contribution in [0.4, 0.5) is 0 Å². The number of benzene rings is 2. The maximum Gasteiger partial charge on any atom is 0.246 e. The highest BCUT2D eigenvalue weighted by atomic mass is 32.2. The minimum absolute atomic E-state index is 0.0319. The standard InChI is InChI=1S/C21H20N6O3S2/c28-20(15-27-23-21(22-24-27)19-6-3-13-31-19)25-9-11-26(12-10-25)32(29,30)18-8-7-16-4-1-2-5-17(16)14-18/h1-8,13-14H,9-12,15H2. The third kappa shape index (κ3) is 4.01. The lowest BCUT2D eigenvalue weighted by atomic mass is 10.1. The van der Waals surface area contributed by atoms with Crippen molar-refractivity contribution in [3.05, 3.63) is 60.0 Å². The van der Waals surface area contributed by atoms with Crippen molar-refractivity contribution in [3.63, 3.8) is 0 Å². The van der Waals surface area contributed by atoms with Crippen LogP contribution in [0.25, 0.3) is 21.5 Å². The number of thiophene rings is 1. The van der Waals surface area contributed by atoms with E-state index in [9.17, 15) is 13.2 Å². The van der Waals surface area contributed by atoms with Crippen LogP contribution in [0.1, 0.15) is 0 Å². The number of hydrogen-bond donors (Lipinski definition) is 0. The van der Waals surface area contributed by atoms with Crippen LogP contribution in [0.2, 0.25) is 0 Å². The lowest BCUT2D eigenvalue weighted by Crippen LogP contribution is -2.51. The van der Waals surface area contributed by atoms with E-state index >= 15 is 0 Å². The Morgan fingerprint density at radius 3 is 2.50 bits per heavy atom. The number of nitrogens with zero attached hydrogens (tertiary/aromatic N) is 6. The van der Waals surface area contributed by atoms with Crippen LogP contribution >= 0.6 is 11.3 Å². The first kappa shape index (κ1) is 20.7. The summed E-state index contributed by atoms with van der Waals surface area (Å²) >= 11 is 1.50. The van der Waals surface area contributed by atoms with Gasteiger partial charge in [0.1, 0.15) is 6.54 Å². The van der Waals surface area contributed by atoms with Crippen molar-refractivity contribution in [2.45, 2.75) is 11.4 Å². The molecule has 1 saturated heterocycles. The Balaban J connectivity index is 1.22. The summed E-state index contributed by atoms with van der Waals surface area (Å²) < 4.78 is 27.6. The number of carbonyl (C=O) groups excluding carboxylic acids is 1. The smallest absolute Gasteiger partial charge is 0.246 e. The average molecular weight is 469 g/mol. The highest BCUT2D eigenvalue weighted by Gasteiger charge is 2.30. The molecular formula is C21H20N6O3S2. The van der Waals surface area contributed by atoms with Gasteiger partial charge >= 0.3 is 0 Å². The normalized spacial score (nSPS) is 15.3. The van der Waals surface area contributed by atoms with Crippen LogP contribution < -0.4 is 0 Å². The molecule has 0 spiro atoms. The topological polar surface area (TPSA) is 101 Å². The number of amides is 1. The third-order valence-corrected chi connectivity index (χ3v) is 8.18. The van der Waals surface area contributed by atoms with Gasteiger partial charge in [-0.25, -0.2) is 8.42 Å². The van der Waals surface area contributed by atoms with Crippen molar-refractivity contribution in [1.82, 2.24) is 29.4 Å². The Morgan fingerprint density at radius 2 is 1.75 bits per heavy atom. The molecule has 0 aliphatic carbocycles. The Morgan fingerprint density at radius 1 is 0.969 bits per heavy atom. The van der Waals surface area contributed by atoms with Crippen LogP contribution in [0.3, 0.4) is 0 Å². The molecule has 9 nitrogen and oxygen atoms in total. The zero-order chi connectivity index (χ0) is 22.1. The summed E-state index contributed by atoms with van der Waals surface area (Å²) in [7, 11) is -3.63. The summed E-state index contributed by atoms with van der Waals surface area (Å²) in [5.41, 5.74) is 0. The number of sulfonamides is 1. The number of hydrogen-bond acceptors (Lipinski definition) is 7. The predicted molar refractivity (Wildman–Crippen MR) is 120 cm³/mol. The summed E-state index contributed by atoms with van der Waals surface area (Å²) in [6.45, 7) is 1.09. The molecule has 2 aromatic carbocycles. The van der Waals surface area contributed by atoms with Gasteiger partial charge in [0.2, 0.25) is 21.8 Å². The maximum absolute atomic E-state index is 13.1. The predicted octanol–water partition coefficient (Wildman–Crippen LogP) is 2.09. The van der Waals surface area contributed by atoms with Crippen molar-refractivity contribution < 1.29 is 13.2 Å². The highest BCUT2D eigenvalue weighted by molar-refractivity contribution is 7.89. The summed E-state index contributed by atoms with van der Waals surface area (Å²) in [5, 5.41) is 16.0. The Labute approximate surface area is 188 Å². The number of tetrazole rings is 1. The lowest BCUT2D eigenvalue weighted by molar-refractivity contribution is -0.133. The summed E-state index contributed by atoms with van der Waals surface area (Å²) in [4.78, 5) is 16.7. The van der Waals surface area contributed by atoms with E-state index in [2.05, 4.69) is 15.4 Å². The van der Waals surface area contributed by atoms with Gasteiger partial charge in [-0.1, -0.05) is 36.4 Å². The molecule has 0 N–H and O–H groups in total. The SMILES string of the molecule is O=C(Cn1nnc(-c2cccs2)n1)N1CCN(S(=O)(=O)c2ccc3ccccc3c2)CC1. The number of piperazine rings is 1. The zero-order valence-electron chi connectivity index (χ0n) is 17.0. The fourth-order valence-corrected chi connectivity index (χ4v) is 5.80. The van der Waals surface area contributed by atoms with Gasteiger partial charge in [0.25, 0.3) is 0 Å². The van der Waals surface area contributed by atoms with Crippen LogP contribution in [-0.2, 0) is 21.4 Å². The summed E-state index contributed by atoms with van der Waals surface area (Å²) in [5.74, 6) is 0.321. The molecule has 0 unspecified atom stereocenters. The number of aromatic nitrogens is 4. The molecule has 164 valence electrons. The van der Waals surface area contributed by atoms with Crippen molar-refractivity contribution in [2.75, 3.05) is 26.2 Å². The molecular weight excluding hydrogens is 448 g/mol. The molecule has 4 aromatic rings. The van der Waals surface area contributed by atoms with Gasteiger partial charge in [-0.3, -0.25) is 4.79 Å². The fourth-order valence-electron chi connectivity index (χ4n) is 3.69. The summed E-state index contributed by atoms with van der Waals surface area (Å²) in [6.07, 6.45) is 0. The van der Waals surface area contributed by atoms with Gasteiger partial charge in [0.05, 0.1) is 9.77 Å². The molecule has 11 heteroatoms. The molecule has 0 atom stereocenters. The first-order valence-corrected chi connectivity index (χ1v) is 12.4. The van der Waals surface area contributed by atoms with E-state index < -0.39 is 10.0 Å². The molecule has 32 heavy (non-hydrogen) atoms. The van der Waals surface area contributed by atoms with Gasteiger partial charge in [-0.15, -0.1) is 21.5 Å². The molecule has 1 aliphatic heterocycles. The second-order valence-corrected chi connectivity index (χ2v) is 10.3. The highest BCUT2D eigenvalue weighted by Crippen LogP contribution is 2.23. The van der Waals surface area contributed by atoms with Gasteiger partial charge in [0.15, 0.2) is 0 Å². The van der Waals surface area contributed by atoms with E-state index in [1.807, 2.05) is 47.8 Å². The van der Waals surface area contributed by atoms with Gasteiger partial charge in [-0.2, -0.15) is 9.10 Å². The third-order valence-electron chi connectivity index (χ3n) is 5.42. The van der Waals surface area contributed by atoms with Crippen molar-refractivity contribution in [3.8, 4) is 10.7 Å². The Kier molecular flexibility index (Phi) is 5.45. The minimum atomic E-state index is -3.63. The molecule has 2 aromatic heterocycles. The number of fused-ring (bicyclic) bond motifs is 1. The quantitative estimate of drug-likeness (QED) is 0.445. The first-order valence-electron chi connectivity index (χ1n) is 10.1. The van der Waals surface area contributed by atoms with E-state index in [1.54, 1.807) is 17.0 Å². The van der Waals surface area contributed by atoms with Crippen LogP contribution in [0.5, 0.6) is 0 Å². The van der Waals surface area contributed by atoms with Gasteiger partial charge < -0.3 is 4.90 Å². The van der Waals surface area contributed by atoms with E-state index in [-0.39, 0.29) is 30.4 Å². The molecule has 5 rings (SSSR count). The molecule has 1 amide bonds. The molecule has 0 bridgehead atoms. The van der Waals surface area contributed by atoms with Crippen molar-refractivity contribution in [2.24, 2.45) is 0 Å². The average Bonchev–Trinajstić information content (AvgIpc) is 3.51. The minimum Gasteiger partial charge on any atom is -0.338 e. The molecule has 0 radical (unpaired) electrons. The maximum atomic E-state index is 13.1. The lowest BCUT2D eigenvalue weighted by Gasteiger charge is -2.33. The van der Waals surface area contributed by atoms with Crippen LogP contribution in [0, 0.1) is 0 Å². The Hall–Kier alpha value is -3.15. The zero-order valence-corrected chi connectivity index (χ0v) is 18.7. The molecule has 0 saturated carbocycles. The van der Waals surface area contributed by atoms with E-state index in [0.29, 0.717) is 18.9 Å². The second kappa shape index (κ2) is 8.41. The summed E-state index contributed by atoms with van der Waals surface area (Å²) in [6, 6.07) is 16.6. The molecule has 1 fully saturated rings. The van der Waals surface area contributed by atoms with Gasteiger partial charge in [0, 0.05) is 26.2 Å². The largest absolute Gasteiger partial charge is 0.338 e. The fraction of sp³-hybridized carbons (Fsp3) is 0.238. The monoisotopic (exact) mass is 468 g/mol. The molecule has 1 aliphatic rings. The van der Waals surface area contributed by atoms with Crippen molar-refractivity contribution >= 4 is 38.0 Å². The van der Waals surface area contributed by atoms with Crippen LogP contribution in [-0.4, -0.2) is 69.9 Å². The number of rotatable bonds is 5. The Bertz CT molecular complexity index is 1360.